The van der Waals surface area contributed by atoms with Crippen molar-refractivity contribution in [2.75, 3.05) is 26.2 Å². The molecule has 1 aliphatic heterocycles. The summed E-state index contributed by atoms with van der Waals surface area (Å²) >= 11 is 0. The molecule has 1 aromatic rings. The normalized spacial score (nSPS) is 19.1. The summed E-state index contributed by atoms with van der Waals surface area (Å²) in [6.07, 6.45) is -0.0621. The topological polar surface area (TPSA) is 98.4 Å². The highest BCUT2D eigenvalue weighted by molar-refractivity contribution is 5.93. The first kappa shape index (κ1) is 13.5. The van der Waals surface area contributed by atoms with Crippen molar-refractivity contribution >= 4 is 11.7 Å². The largest absolute Gasteiger partial charge is 0.374 e. The molecule has 1 atom stereocenters. The van der Waals surface area contributed by atoms with Crippen LogP contribution in [0.4, 0.5) is 5.82 Å². The van der Waals surface area contributed by atoms with Gasteiger partial charge in [0, 0.05) is 25.7 Å². The molecule has 19 heavy (non-hydrogen) atoms. The third-order valence-electron chi connectivity index (χ3n) is 3.01. The number of nitro groups is 1. The van der Waals surface area contributed by atoms with E-state index in [-0.39, 0.29) is 23.5 Å². The summed E-state index contributed by atoms with van der Waals surface area (Å²) in [6, 6.07) is 2.75. The molecule has 2 N–H and O–H groups in total. The molecule has 1 saturated heterocycles. The Kier molecular flexibility index (Phi) is 4.13. The highest BCUT2D eigenvalue weighted by Crippen LogP contribution is 2.14. The molecule has 104 valence electrons. The van der Waals surface area contributed by atoms with Crippen LogP contribution in [0, 0.1) is 10.1 Å². The van der Waals surface area contributed by atoms with Gasteiger partial charge in [0.05, 0.1) is 19.8 Å². The first-order valence-electron chi connectivity index (χ1n) is 6.00. The van der Waals surface area contributed by atoms with E-state index in [1.54, 1.807) is 0 Å². The minimum absolute atomic E-state index is 0.0621. The molecular weight excluding hydrogens is 252 g/mol. The predicted octanol–water partition coefficient (Wildman–Crippen LogP) is -0.348. The van der Waals surface area contributed by atoms with Crippen LogP contribution in [-0.2, 0) is 11.8 Å². The number of hydrogen-bond acceptors (Lipinski definition) is 5. The summed E-state index contributed by atoms with van der Waals surface area (Å²) in [5, 5.41) is 16.6. The van der Waals surface area contributed by atoms with E-state index in [0.717, 1.165) is 6.54 Å². The van der Waals surface area contributed by atoms with Crippen molar-refractivity contribution in [1.82, 2.24) is 15.2 Å². The molecule has 1 fully saturated rings. The van der Waals surface area contributed by atoms with Crippen molar-refractivity contribution in [3.63, 3.8) is 0 Å². The van der Waals surface area contributed by atoms with Crippen LogP contribution in [0.3, 0.4) is 0 Å². The molecule has 2 rings (SSSR count). The van der Waals surface area contributed by atoms with Crippen molar-refractivity contribution in [2.24, 2.45) is 7.05 Å². The summed E-state index contributed by atoms with van der Waals surface area (Å²) in [4.78, 5) is 22.1. The predicted molar refractivity (Wildman–Crippen MR) is 67.0 cm³/mol. The van der Waals surface area contributed by atoms with Gasteiger partial charge in [0.2, 0.25) is 0 Å². The Balaban J connectivity index is 1.94. The lowest BCUT2D eigenvalue weighted by molar-refractivity contribution is -0.391. The van der Waals surface area contributed by atoms with E-state index >= 15 is 0 Å². The standard InChI is InChI=1S/C11H16N4O4/c1-14-9(2-3-10(14)15(17)18)11(16)13-7-8-6-12-4-5-19-8/h2-3,8,12H,4-7H2,1H3,(H,13,16). The van der Waals surface area contributed by atoms with E-state index in [0.29, 0.717) is 19.7 Å². The number of morpholine rings is 1. The third kappa shape index (κ3) is 3.09. The third-order valence-corrected chi connectivity index (χ3v) is 3.01. The van der Waals surface area contributed by atoms with Gasteiger partial charge in [-0.15, -0.1) is 0 Å². The van der Waals surface area contributed by atoms with Crippen LogP contribution >= 0.6 is 0 Å². The van der Waals surface area contributed by atoms with Crippen molar-refractivity contribution in [3.8, 4) is 0 Å². The van der Waals surface area contributed by atoms with Gasteiger partial charge >= 0.3 is 5.82 Å². The number of rotatable bonds is 4. The second-order valence-corrected chi connectivity index (χ2v) is 4.30. The lowest BCUT2D eigenvalue weighted by Gasteiger charge is -2.23. The van der Waals surface area contributed by atoms with E-state index in [1.165, 1.54) is 23.7 Å². The van der Waals surface area contributed by atoms with Gasteiger partial charge < -0.3 is 25.5 Å². The fraction of sp³-hybridized carbons (Fsp3) is 0.545. The molecule has 0 spiro atoms. The SMILES string of the molecule is Cn1c(C(=O)NCC2CNCCO2)ccc1[N+](=O)[O-]. The Labute approximate surface area is 109 Å². The molecule has 1 amide bonds. The van der Waals surface area contributed by atoms with Gasteiger partial charge in [-0.2, -0.15) is 0 Å². The Bertz CT molecular complexity index is 479. The molecule has 1 aliphatic rings. The lowest BCUT2D eigenvalue weighted by Crippen LogP contribution is -2.45. The highest BCUT2D eigenvalue weighted by atomic mass is 16.6. The number of nitrogens with zero attached hydrogens (tertiary/aromatic N) is 2. The number of nitrogens with one attached hydrogen (secondary N) is 2. The van der Waals surface area contributed by atoms with Crippen molar-refractivity contribution in [1.29, 1.82) is 0 Å². The van der Waals surface area contributed by atoms with Crippen LogP contribution in [0.2, 0.25) is 0 Å². The van der Waals surface area contributed by atoms with Crippen molar-refractivity contribution in [2.45, 2.75) is 6.10 Å². The van der Waals surface area contributed by atoms with Crippen LogP contribution < -0.4 is 10.6 Å². The number of hydrogen-bond donors (Lipinski definition) is 2. The summed E-state index contributed by atoms with van der Waals surface area (Å²) in [5.41, 5.74) is 0.260. The number of carbonyl (C=O) groups is 1. The van der Waals surface area contributed by atoms with E-state index < -0.39 is 4.92 Å². The first-order valence-corrected chi connectivity index (χ1v) is 6.00. The maximum absolute atomic E-state index is 11.9. The fourth-order valence-electron chi connectivity index (χ4n) is 1.96. The Morgan fingerprint density at radius 1 is 1.68 bits per heavy atom. The number of carbonyl (C=O) groups excluding carboxylic acids is 1. The molecule has 0 aliphatic carbocycles. The van der Waals surface area contributed by atoms with Gasteiger partial charge in [0.1, 0.15) is 0 Å². The average Bonchev–Trinajstić information content (AvgIpc) is 2.79. The second kappa shape index (κ2) is 5.81. The van der Waals surface area contributed by atoms with E-state index in [1.807, 2.05) is 0 Å². The average molecular weight is 268 g/mol. The summed E-state index contributed by atoms with van der Waals surface area (Å²) in [6.45, 7) is 2.50. The van der Waals surface area contributed by atoms with Gasteiger partial charge in [-0.25, -0.2) is 4.57 Å². The summed E-state index contributed by atoms with van der Waals surface area (Å²) < 4.78 is 6.70. The molecule has 1 unspecified atom stereocenters. The quantitative estimate of drug-likeness (QED) is 0.574. The summed E-state index contributed by atoms with van der Waals surface area (Å²) in [5.74, 6) is -0.453. The molecule has 0 radical (unpaired) electrons. The highest BCUT2D eigenvalue weighted by Gasteiger charge is 2.21. The van der Waals surface area contributed by atoms with Gasteiger partial charge in [-0.3, -0.25) is 4.79 Å². The van der Waals surface area contributed by atoms with Crippen molar-refractivity contribution in [3.05, 3.63) is 27.9 Å². The molecule has 8 heteroatoms. The van der Waals surface area contributed by atoms with Gasteiger partial charge in [0.25, 0.3) is 5.91 Å². The van der Waals surface area contributed by atoms with Crippen LogP contribution in [0.1, 0.15) is 10.5 Å². The van der Waals surface area contributed by atoms with Crippen LogP contribution in [0.15, 0.2) is 12.1 Å². The molecule has 0 bridgehead atoms. The Morgan fingerprint density at radius 3 is 3.05 bits per heavy atom. The minimum Gasteiger partial charge on any atom is -0.374 e. The molecule has 2 heterocycles. The Morgan fingerprint density at radius 2 is 2.47 bits per heavy atom. The monoisotopic (exact) mass is 268 g/mol. The summed E-state index contributed by atoms with van der Waals surface area (Å²) in [7, 11) is 1.49. The molecule has 8 nitrogen and oxygen atoms in total. The van der Waals surface area contributed by atoms with Crippen molar-refractivity contribution < 1.29 is 14.5 Å². The minimum atomic E-state index is -0.523. The number of ether oxygens (including phenoxy) is 1. The van der Waals surface area contributed by atoms with E-state index in [2.05, 4.69) is 10.6 Å². The number of amides is 1. The van der Waals surface area contributed by atoms with Gasteiger partial charge in [-0.05, 0) is 11.0 Å². The van der Waals surface area contributed by atoms with E-state index in [9.17, 15) is 14.9 Å². The van der Waals surface area contributed by atoms with Gasteiger partial charge in [0.15, 0.2) is 5.69 Å². The first-order chi connectivity index (χ1) is 9.09. The van der Waals surface area contributed by atoms with Crippen LogP contribution in [0.5, 0.6) is 0 Å². The Hall–Kier alpha value is -1.93. The van der Waals surface area contributed by atoms with E-state index in [4.69, 9.17) is 4.74 Å². The molecule has 1 aromatic heterocycles. The van der Waals surface area contributed by atoms with Gasteiger partial charge in [-0.1, -0.05) is 0 Å². The maximum Gasteiger partial charge on any atom is 0.323 e. The lowest BCUT2D eigenvalue weighted by atomic mass is 10.3. The van der Waals surface area contributed by atoms with Crippen LogP contribution in [0.25, 0.3) is 0 Å². The zero-order valence-electron chi connectivity index (χ0n) is 10.6. The molecule has 0 aromatic carbocycles. The zero-order valence-corrected chi connectivity index (χ0v) is 10.6. The zero-order chi connectivity index (χ0) is 13.8. The second-order valence-electron chi connectivity index (χ2n) is 4.30. The van der Waals surface area contributed by atoms with Crippen LogP contribution in [-0.4, -0.2) is 47.7 Å². The smallest absolute Gasteiger partial charge is 0.323 e. The molecular formula is C11H16N4O4. The number of aromatic nitrogens is 1. The fourth-order valence-corrected chi connectivity index (χ4v) is 1.96. The maximum atomic E-state index is 11.9. The molecule has 0 saturated carbocycles.